The highest BCUT2D eigenvalue weighted by Gasteiger charge is 2.27. The number of carbonyl (C=O) groups excluding carboxylic acids is 1. The Morgan fingerprint density at radius 2 is 2.12 bits per heavy atom. The van der Waals surface area contributed by atoms with E-state index in [2.05, 4.69) is 41.3 Å². The van der Waals surface area contributed by atoms with Gasteiger partial charge < -0.3 is 14.8 Å². The number of para-hydroxylation sites is 2. The summed E-state index contributed by atoms with van der Waals surface area (Å²) in [6.07, 6.45) is 4.62. The summed E-state index contributed by atoms with van der Waals surface area (Å²) in [5.41, 5.74) is 2.14. The zero-order chi connectivity index (χ0) is 17.8. The van der Waals surface area contributed by atoms with Crippen LogP contribution in [0.15, 0.2) is 36.9 Å². The van der Waals surface area contributed by atoms with Crippen molar-refractivity contribution in [1.29, 1.82) is 0 Å². The highest BCUT2D eigenvalue weighted by molar-refractivity contribution is 5.80. The fraction of sp³-hybridized carbons (Fsp3) is 0.500. The van der Waals surface area contributed by atoms with Crippen molar-refractivity contribution in [3.05, 3.63) is 36.9 Å². The van der Waals surface area contributed by atoms with E-state index in [9.17, 15) is 4.79 Å². The number of benzene rings is 1. The maximum Gasteiger partial charge on any atom is 0.223 e. The molecule has 3 rings (SSSR count). The Morgan fingerprint density at radius 1 is 1.40 bits per heavy atom. The van der Waals surface area contributed by atoms with Crippen LogP contribution in [0.5, 0.6) is 0 Å². The third kappa shape index (κ3) is 3.70. The molecule has 1 saturated heterocycles. The third-order valence-electron chi connectivity index (χ3n) is 5.10. The molecule has 2 aromatic rings. The van der Waals surface area contributed by atoms with Gasteiger partial charge in [0.05, 0.1) is 11.0 Å². The van der Waals surface area contributed by atoms with Crippen LogP contribution >= 0.6 is 0 Å². The number of fused-ring (bicyclic) bond motifs is 1. The van der Waals surface area contributed by atoms with Gasteiger partial charge >= 0.3 is 0 Å². The van der Waals surface area contributed by atoms with Gasteiger partial charge in [0, 0.05) is 31.6 Å². The van der Waals surface area contributed by atoms with E-state index in [1.165, 1.54) is 0 Å². The number of nitrogens with zero attached hydrogens (tertiary/aromatic N) is 3. The zero-order valence-corrected chi connectivity index (χ0v) is 15.2. The molecule has 0 saturated carbocycles. The van der Waals surface area contributed by atoms with Gasteiger partial charge in [-0.05, 0) is 38.3 Å². The second-order valence-electron chi connectivity index (χ2n) is 6.88. The van der Waals surface area contributed by atoms with E-state index in [0.717, 1.165) is 55.9 Å². The minimum absolute atomic E-state index is 0.113. The normalized spacial score (nSPS) is 16.8. The predicted molar refractivity (Wildman–Crippen MR) is 103 cm³/mol. The maximum absolute atomic E-state index is 12.4. The lowest BCUT2D eigenvalue weighted by Crippen LogP contribution is -2.43. The number of anilines is 1. The van der Waals surface area contributed by atoms with Crippen LogP contribution < -0.4 is 10.2 Å². The van der Waals surface area contributed by atoms with E-state index in [1.54, 1.807) is 0 Å². The summed E-state index contributed by atoms with van der Waals surface area (Å²) in [4.78, 5) is 19.5. The number of carbonyl (C=O) groups is 1. The molecule has 5 heteroatoms. The maximum atomic E-state index is 12.4. The molecule has 0 radical (unpaired) electrons. The van der Waals surface area contributed by atoms with Gasteiger partial charge in [-0.15, -0.1) is 6.58 Å². The molecule has 134 valence electrons. The number of hydrogen-bond acceptors (Lipinski definition) is 3. The lowest BCUT2D eigenvalue weighted by atomic mass is 9.95. The molecule has 1 aromatic heterocycles. The summed E-state index contributed by atoms with van der Waals surface area (Å²) in [5.74, 6) is 1.30. The predicted octanol–water partition coefficient (Wildman–Crippen LogP) is 3.35. The van der Waals surface area contributed by atoms with Crippen LogP contribution in [0.1, 0.15) is 33.1 Å². The van der Waals surface area contributed by atoms with Gasteiger partial charge in [0.15, 0.2) is 0 Å². The number of allylic oxidation sites excluding steroid dienone is 1. The molecule has 1 N–H and O–H groups in total. The second kappa shape index (κ2) is 7.72. The third-order valence-corrected chi connectivity index (χ3v) is 5.10. The molecule has 1 aliphatic rings. The number of rotatable bonds is 6. The number of piperidine rings is 1. The first-order chi connectivity index (χ1) is 12.1. The van der Waals surface area contributed by atoms with Crippen molar-refractivity contribution in [3.8, 4) is 0 Å². The highest BCUT2D eigenvalue weighted by atomic mass is 16.1. The molecule has 2 heterocycles. The van der Waals surface area contributed by atoms with Crippen LogP contribution in [-0.2, 0) is 11.3 Å². The van der Waals surface area contributed by atoms with Crippen LogP contribution in [0.25, 0.3) is 11.0 Å². The second-order valence-corrected chi connectivity index (χ2v) is 6.88. The molecule has 0 spiro atoms. The largest absolute Gasteiger partial charge is 0.353 e. The van der Waals surface area contributed by atoms with Crippen molar-refractivity contribution >= 4 is 22.9 Å². The van der Waals surface area contributed by atoms with E-state index in [0.29, 0.717) is 0 Å². The molecular formula is C20H28N4O. The Bertz CT molecular complexity index is 743. The minimum atomic E-state index is 0.113. The number of amides is 1. The zero-order valence-electron chi connectivity index (χ0n) is 15.2. The summed E-state index contributed by atoms with van der Waals surface area (Å²) >= 11 is 0. The molecule has 1 unspecified atom stereocenters. The Labute approximate surface area is 149 Å². The van der Waals surface area contributed by atoms with E-state index in [1.807, 2.05) is 24.3 Å². The summed E-state index contributed by atoms with van der Waals surface area (Å²) < 4.78 is 2.21. The van der Waals surface area contributed by atoms with Gasteiger partial charge in [-0.2, -0.15) is 0 Å². The van der Waals surface area contributed by atoms with Crippen LogP contribution in [-0.4, -0.2) is 34.6 Å². The molecule has 5 nitrogen and oxygen atoms in total. The molecule has 1 aliphatic heterocycles. The lowest BCUT2D eigenvalue weighted by molar-refractivity contribution is -0.126. The first kappa shape index (κ1) is 17.5. The van der Waals surface area contributed by atoms with Crippen molar-refractivity contribution < 1.29 is 4.79 Å². The number of nitrogens with one attached hydrogen (secondary N) is 1. The van der Waals surface area contributed by atoms with Crippen LogP contribution in [0.2, 0.25) is 0 Å². The van der Waals surface area contributed by atoms with Gasteiger partial charge in [0.25, 0.3) is 0 Å². The standard InChI is InChI=1S/C20H28N4O/c1-4-12-24-18-9-7-6-8-17(18)22-20(24)23-13-10-16(11-14-23)19(25)21-15(3)5-2/h4,6-9,15-16H,1,5,10-14H2,2-3H3,(H,21,25). The molecule has 0 bridgehead atoms. The van der Waals surface area contributed by atoms with Gasteiger partial charge in [-0.1, -0.05) is 25.1 Å². The van der Waals surface area contributed by atoms with Crippen LogP contribution in [0.4, 0.5) is 5.95 Å². The summed E-state index contributed by atoms with van der Waals surface area (Å²) in [6, 6.07) is 8.45. The smallest absolute Gasteiger partial charge is 0.223 e. The van der Waals surface area contributed by atoms with Crippen LogP contribution in [0.3, 0.4) is 0 Å². The summed E-state index contributed by atoms with van der Waals surface area (Å²) in [7, 11) is 0. The fourth-order valence-electron chi connectivity index (χ4n) is 3.42. The van der Waals surface area contributed by atoms with Crippen molar-refractivity contribution in [1.82, 2.24) is 14.9 Å². The van der Waals surface area contributed by atoms with Gasteiger partial charge in [-0.3, -0.25) is 4.79 Å². The number of aromatic nitrogens is 2. The molecule has 1 amide bonds. The summed E-state index contributed by atoms with van der Waals surface area (Å²) in [5, 5.41) is 3.12. The average molecular weight is 340 g/mol. The Kier molecular flexibility index (Phi) is 5.41. The molecule has 1 aromatic carbocycles. The van der Waals surface area contributed by atoms with Gasteiger partial charge in [0.1, 0.15) is 0 Å². The van der Waals surface area contributed by atoms with E-state index in [-0.39, 0.29) is 17.9 Å². The molecule has 1 fully saturated rings. The van der Waals surface area contributed by atoms with Gasteiger partial charge in [0.2, 0.25) is 11.9 Å². The summed E-state index contributed by atoms with van der Waals surface area (Å²) in [6.45, 7) is 10.5. The molecular weight excluding hydrogens is 312 g/mol. The van der Waals surface area contributed by atoms with Crippen molar-refractivity contribution in [2.24, 2.45) is 5.92 Å². The number of imidazole rings is 1. The average Bonchev–Trinajstić information content (AvgIpc) is 3.01. The minimum Gasteiger partial charge on any atom is -0.353 e. The lowest BCUT2D eigenvalue weighted by Gasteiger charge is -2.32. The fourth-order valence-corrected chi connectivity index (χ4v) is 3.42. The number of hydrogen-bond donors (Lipinski definition) is 1. The SMILES string of the molecule is C=CCn1c(N2CCC(C(=O)NC(C)CC)CC2)nc2ccccc21. The van der Waals surface area contributed by atoms with Gasteiger partial charge in [-0.25, -0.2) is 4.98 Å². The van der Waals surface area contributed by atoms with Crippen molar-refractivity contribution in [3.63, 3.8) is 0 Å². The van der Waals surface area contributed by atoms with E-state index >= 15 is 0 Å². The Morgan fingerprint density at radius 3 is 2.80 bits per heavy atom. The van der Waals surface area contributed by atoms with E-state index < -0.39 is 0 Å². The van der Waals surface area contributed by atoms with Crippen LogP contribution in [0, 0.1) is 5.92 Å². The Balaban J connectivity index is 1.73. The molecule has 25 heavy (non-hydrogen) atoms. The molecule has 0 aliphatic carbocycles. The van der Waals surface area contributed by atoms with Crippen molar-refractivity contribution in [2.75, 3.05) is 18.0 Å². The quantitative estimate of drug-likeness (QED) is 0.821. The first-order valence-electron chi connectivity index (χ1n) is 9.25. The van der Waals surface area contributed by atoms with Crippen molar-refractivity contribution in [2.45, 2.75) is 45.7 Å². The highest BCUT2D eigenvalue weighted by Crippen LogP contribution is 2.27. The van der Waals surface area contributed by atoms with E-state index in [4.69, 9.17) is 4.98 Å². The topological polar surface area (TPSA) is 50.2 Å². The monoisotopic (exact) mass is 340 g/mol. The molecule has 1 atom stereocenters. The first-order valence-corrected chi connectivity index (χ1v) is 9.25. The Hall–Kier alpha value is -2.30.